The summed E-state index contributed by atoms with van der Waals surface area (Å²) in [5, 5.41) is 12.4. The van der Waals surface area contributed by atoms with Crippen molar-refractivity contribution in [1.29, 1.82) is 0 Å². The van der Waals surface area contributed by atoms with Crippen molar-refractivity contribution in [2.45, 2.75) is 19.3 Å². The Kier molecular flexibility index (Phi) is 5.81. The van der Waals surface area contributed by atoms with Gasteiger partial charge in [-0.05, 0) is 23.7 Å². The fraction of sp³-hybridized carbons (Fsp3) is 0.348. The molecule has 0 radical (unpaired) electrons. The van der Waals surface area contributed by atoms with Crippen molar-refractivity contribution < 1.29 is 9.72 Å². The van der Waals surface area contributed by atoms with Gasteiger partial charge in [0.25, 0.3) is 5.69 Å². The third-order valence-electron chi connectivity index (χ3n) is 6.03. The number of likely N-dealkylation sites (N-methyl/N-ethyl adjacent to an activating group) is 1. The van der Waals surface area contributed by atoms with Gasteiger partial charge in [0.05, 0.1) is 4.92 Å². The first-order chi connectivity index (χ1) is 14.6. The number of fused-ring (bicyclic) bond motifs is 1. The van der Waals surface area contributed by atoms with Gasteiger partial charge in [-0.15, -0.1) is 0 Å². The minimum atomic E-state index is -0.387. The van der Waals surface area contributed by atoms with Gasteiger partial charge in [-0.25, -0.2) is 0 Å². The number of amides is 1. The molecule has 1 aromatic heterocycles. The molecule has 1 saturated heterocycles. The summed E-state index contributed by atoms with van der Waals surface area (Å²) in [5.41, 5.74) is 2.81. The molecule has 156 valence electrons. The van der Waals surface area contributed by atoms with E-state index in [9.17, 15) is 14.9 Å². The van der Waals surface area contributed by atoms with E-state index in [0.29, 0.717) is 0 Å². The smallest absolute Gasteiger partial charge is 0.269 e. The monoisotopic (exact) mass is 406 g/mol. The molecular formula is C23H26N4O3. The van der Waals surface area contributed by atoms with E-state index >= 15 is 0 Å². The highest BCUT2D eigenvalue weighted by molar-refractivity contribution is 5.86. The van der Waals surface area contributed by atoms with Crippen LogP contribution in [0, 0.1) is 10.1 Å². The Bertz CT molecular complexity index is 1050. The first kappa shape index (κ1) is 20.1. The zero-order valence-corrected chi connectivity index (χ0v) is 17.1. The largest absolute Gasteiger partial charge is 0.361 e. The van der Waals surface area contributed by atoms with Crippen molar-refractivity contribution in [2.75, 3.05) is 32.7 Å². The number of H-pyrrole nitrogens is 1. The van der Waals surface area contributed by atoms with Crippen LogP contribution >= 0.6 is 0 Å². The lowest BCUT2D eigenvalue weighted by atomic mass is 9.87. The number of carbonyl (C=O) groups excluding carboxylic acids is 1. The topological polar surface area (TPSA) is 82.5 Å². The standard InChI is InChI=1S/C23H26N4O3/c1-2-25-10-12-26(13-11-25)23(28)15-20(17-6-5-7-18(14-17)27(29)30)21-16-24-22-9-4-3-8-19(21)22/h3-9,14,16,20,24H,2,10-13,15H2,1H3. The van der Waals surface area contributed by atoms with Crippen LogP contribution in [0.1, 0.15) is 30.4 Å². The van der Waals surface area contributed by atoms with E-state index in [1.165, 1.54) is 6.07 Å². The zero-order chi connectivity index (χ0) is 21.1. The molecule has 4 rings (SSSR count). The molecule has 1 aliphatic rings. The van der Waals surface area contributed by atoms with Crippen molar-refractivity contribution >= 4 is 22.5 Å². The molecule has 0 saturated carbocycles. The van der Waals surface area contributed by atoms with Gasteiger partial charge in [0.1, 0.15) is 0 Å². The number of aromatic nitrogens is 1. The number of nitrogens with zero attached hydrogens (tertiary/aromatic N) is 3. The van der Waals surface area contributed by atoms with E-state index in [1.807, 2.05) is 41.4 Å². The van der Waals surface area contributed by atoms with Crippen LogP contribution in [0.5, 0.6) is 0 Å². The lowest BCUT2D eigenvalue weighted by Crippen LogP contribution is -2.48. The number of benzene rings is 2. The maximum absolute atomic E-state index is 13.2. The third-order valence-corrected chi connectivity index (χ3v) is 6.03. The number of nitrogens with one attached hydrogen (secondary N) is 1. The Morgan fingerprint density at radius 1 is 1.13 bits per heavy atom. The van der Waals surface area contributed by atoms with Gasteiger partial charge in [-0.2, -0.15) is 0 Å². The molecule has 3 aromatic rings. The summed E-state index contributed by atoms with van der Waals surface area (Å²) >= 11 is 0. The normalized spacial score (nSPS) is 16.0. The first-order valence-corrected chi connectivity index (χ1v) is 10.4. The minimum Gasteiger partial charge on any atom is -0.361 e. The fourth-order valence-corrected chi connectivity index (χ4v) is 4.26. The number of carbonyl (C=O) groups is 1. The highest BCUT2D eigenvalue weighted by atomic mass is 16.6. The third kappa shape index (κ3) is 4.07. The summed E-state index contributed by atoms with van der Waals surface area (Å²) in [4.78, 5) is 31.7. The SMILES string of the molecule is CCN1CCN(C(=O)CC(c2cccc([N+](=O)[O-])c2)c2c[nH]c3ccccc23)CC1. The second-order valence-corrected chi connectivity index (χ2v) is 7.71. The second kappa shape index (κ2) is 8.67. The van der Waals surface area contributed by atoms with Crippen LogP contribution in [0.25, 0.3) is 10.9 Å². The van der Waals surface area contributed by atoms with E-state index in [4.69, 9.17) is 0 Å². The van der Waals surface area contributed by atoms with Crippen LogP contribution < -0.4 is 0 Å². The molecule has 1 amide bonds. The average molecular weight is 406 g/mol. The minimum absolute atomic E-state index is 0.0429. The maximum Gasteiger partial charge on any atom is 0.269 e. The van der Waals surface area contributed by atoms with E-state index in [-0.39, 0.29) is 28.9 Å². The Hall–Kier alpha value is -3.19. The van der Waals surface area contributed by atoms with Crippen LogP contribution in [-0.4, -0.2) is 58.3 Å². The van der Waals surface area contributed by atoms with Crippen molar-refractivity contribution in [3.63, 3.8) is 0 Å². The van der Waals surface area contributed by atoms with Gasteiger partial charge in [-0.1, -0.05) is 37.3 Å². The van der Waals surface area contributed by atoms with Crippen molar-refractivity contribution in [3.05, 3.63) is 76.0 Å². The fourth-order valence-electron chi connectivity index (χ4n) is 4.26. The molecule has 7 nitrogen and oxygen atoms in total. The van der Waals surface area contributed by atoms with Crippen LogP contribution in [0.15, 0.2) is 54.7 Å². The molecular weight excluding hydrogens is 380 g/mol. The molecule has 30 heavy (non-hydrogen) atoms. The van der Waals surface area contributed by atoms with Gasteiger partial charge in [0.2, 0.25) is 5.91 Å². The molecule has 0 bridgehead atoms. The highest BCUT2D eigenvalue weighted by Crippen LogP contribution is 2.35. The number of hydrogen-bond donors (Lipinski definition) is 1. The predicted molar refractivity (Wildman–Crippen MR) is 117 cm³/mol. The molecule has 2 heterocycles. The summed E-state index contributed by atoms with van der Waals surface area (Å²) in [6.45, 7) is 6.35. The number of nitro groups is 1. The highest BCUT2D eigenvalue weighted by Gasteiger charge is 2.27. The molecule has 7 heteroatoms. The summed E-state index contributed by atoms with van der Waals surface area (Å²) < 4.78 is 0. The summed E-state index contributed by atoms with van der Waals surface area (Å²) in [5.74, 6) is -0.162. The number of hydrogen-bond acceptors (Lipinski definition) is 4. The van der Waals surface area contributed by atoms with E-state index in [0.717, 1.165) is 54.8 Å². The summed E-state index contributed by atoms with van der Waals surface area (Å²) in [7, 11) is 0. The van der Waals surface area contributed by atoms with Gasteiger partial charge < -0.3 is 14.8 Å². The van der Waals surface area contributed by atoms with E-state index < -0.39 is 0 Å². The number of rotatable bonds is 6. The van der Waals surface area contributed by atoms with Gasteiger partial charge in [-0.3, -0.25) is 14.9 Å². The quantitative estimate of drug-likeness (QED) is 0.499. The van der Waals surface area contributed by atoms with E-state index in [2.05, 4.69) is 16.8 Å². The molecule has 1 unspecified atom stereocenters. The number of nitro benzene ring substituents is 1. The summed E-state index contributed by atoms with van der Waals surface area (Å²) in [6.07, 6.45) is 2.21. The second-order valence-electron chi connectivity index (χ2n) is 7.71. The molecule has 0 spiro atoms. The maximum atomic E-state index is 13.2. The lowest BCUT2D eigenvalue weighted by Gasteiger charge is -2.34. The molecule has 1 fully saturated rings. The van der Waals surface area contributed by atoms with Crippen molar-refractivity contribution in [2.24, 2.45) is 0 Å². The molecule has 1 aliphatic heterocycles. The van der Waals surface area contributed by atoms with Crippen LogP contribution in [0.2, 0.25) is 0 Å². The van der Waals surface area contributed by atoms with Gasteiger partial charge >= 0.3 is 0 Å². The Balaban J connectivity index is 1.67. The van der Waals surface area contributed by atoms with E-state index in [1.54, 1.807) is 12.1 Å². The van der Waals surface area contributed by atoms with Crippen LogP contribution in [-0.2, 0) is 4.79 Å². The predicted octanol–water partition coefficient (Wildman–Crippen LogP) is 3.76. The lowest BCUT2D eigenvalue weighted by molar-refractivity contribution is -0.384. The Morgan fingerprint density at radius 3 is 2.63 bits per heavy atom. The van der Waals surface area contributed by atoms with Crippen LogP contribution in [0.4, 0.5) is 5.69 Å². The van der Waals surface area contributed by atoms with Crippen LogP contribution in [0.3, 0.4) is 0 Å². The number of para-hydroxylation sites is 1. The number of piperazine rings is 1. The Morgan fingerprint density at radius 2 is 1.90 bits per heavy atom. The zero-order valence-electron chi connectivity index (χ0n) is 17.1. The molecule has 0 aliphatic carbocycles. The summed E-state index contributed by atoms with van der Waals surface area (Å²) in [6, 6.07) is 14.6. The van der Waals surface area contributed by atoms with Crippen molar-refractivity contribution in [1.82, 2.24) is 14.8 Å². The number of non-ortho nitro benzene ring substituents is 1. The molecule has 1 atom stereocenters. The van der Waals surface area contributed by atoms with Gasteiger partial charge in [0.15, 0.2) is 0 Å². The first-order valence-electron chi connectivity index (χ1n) is 10.4. The van der Waals surface area contributed by atoms with Crippen molar-refractivity contribution in [3.8, 4) is 0 Å². The average Bonchev–Trinajstić information content (AvgIpc) is 3.21. The Labute approximate surface area is 175 Å². The van der Waals surface area contributed by atoms with Gasteiger partial charge in [0, 0.05) is 67.8 Å². The molecule has 1 N–H and O–H groups in total. The number of aromatic amines is 1. The molecule has 2 aromatic carbocycles.